The first-order valence-electron chi connectivity index (χ1n) is 7.60. The molecule has 102 valence electrons. The maximum absolute atomic E-state index is 9.50. The van der Waals surface area contributed by atoms with Crippen LogP contribution in [0.4, 0.5) is 0 Å². The summed E-state index contributed by atoms with van der Waals surface area (Å²) in [4.78, 5) is 0. The lowest BCUT2D eigenvalue weighted by Crippen LogP contribution is -2.39. The average molecular weight is 250 g/mol. The van der Waals surface area contributed by atoms with Crippen LogP contribution in [0.25, 0.3) is 0 Å². The topological polar surface area (TPSA) is 56.0 Å². The van der Waals surface area contributed by atoms with Gasteiger partial charge in [0, 0.05) is 6.04 Å². The predicted molar refractivity (Wildman–Crippen MR) is 71.9 cm³/mol. The van der Waals surface area contributed by atoms with Gasteiger partial charge in [0.25, 0.3) is 0 Å². The molecule has 0 heterocycles. The molecule has 2 atom stereocenters. The second kappa shape index (κ2) is 7.11. The molecule has 2 aliphatic carbocycles. The van der Waals surface area contributed by atoms with Crippen molar-refractivity contribution in [1.29, 1.82) is 5.26 Å². The molecule has 2 aliphatic rings. The third kappa shape index (κ3) is 3.96. The van der Waals surface area contributed by atoms with E-state index in [0.717, 1.165) is 45.1 Å². The Balaban J connectivity index is 1.75. The molecule has 2 rings (SSSR count). The van der Waals surface area contributed by atoms with Gasteiger partial charge in [-0.3, -0.25) is 0 Å². The van der Waals surface area contributed by atoms with Crippen molar-refractivity contribution in [3.63, 3.8) is 0 Å². The van der Waals surface area contributed by atoms with Gasteiger partial charge in [-0.15, -0.1) is 0 Å². The third-order valence-electron chi connectivity index (χ3n) is 4.67. The van der Waals surface area contributed by atoms with Gasteiger partial charge >= 0.3 is 0 Å². The van der Waals surface area contributed by atoms with Crippen LogP contribution in [0.5, 0.6) is 0 Å². The van der Waals surface area contributed by atoms with Gasteiger partial charge in [0.2, 0.25) is 0 Å². The second-order valence-corrected chi connectivity index (χ2v) is 6.06. The summed E-state index contributed by atoms with van der Waals surface area (Å²) >= 11 is 0. The first-order chi connectivity index (χ1) is 8.79. The molecular weight excluding hydrogens is 224 g/mol. The number of aliphatic hydroxyl groups is 1. The Morgan fingerprint density at radius 1 is 1.00 bits per heavy atom. The molecule has 0 aromatic carbocycles. The van der Waals surface area contributed by atoms with E-state index < -0.39 is 0 Å². The van der Waals surface area contributed by atoms with Gasteiger partial charge in [-0.05, 0) is 51.0 Å². The summed E-state index contributed by atoms with van der Waals surface area (Å²) in [6, 6.07) is 2.89. The van der Waals surface area contributed by atoms with Crippen LogP contribution in [0.1, 0.15) is 57.8 Å². The molecule has 2 unspecified atom stereocenters. The van der Waals surface area contributed by atoms with E-state index in [2.05, 4.69) is 11.4 Å². The molecule has 0 aromatic heterocycles. The molecule has 0 aromatic rings. The highest BCUT2D eigenvalue weighted by molar-refractivity contribution is 4.93. The summed E-state index contributed by atoms with van der Waals surface area (Å²) in [5, 5.41) is 22.4. The van der Waals surface area contributed by atoms with Gasteiger partial charge in [-0.1, -0.05) is 19.3 Å². The first-order valence-corrected chi connectivity index (χ1v) is 7.60. The van der Waals surface area contributed by atoms with Crippen LogP contribution in [0, 0.1) is 23.2 Å². The number of nitrogens with zero attached hydrogens (tertiary/aromatic N) is 1. The van der Waals surface area contributed by atoms with Gasteiger partial charge in [-0.2, -0.15) is 5.26 Å². The lowest BCUT2D eigenvalue weighted by molar-refractivity contribution is 0.107. The van der Waals surface area contributed by atoms with Crippen molar-refractivity contribution in [3.8, 4) is 6.07 Å². The fraction of sp³-hybridized carbons (Fsp3) is 0.933. The van der Waals surface area contributed by atoms with E-state index >= 15 is 0 Å². The molecule has 3 heteroatoms. The Labute approximate surface area is 111 Å². The van der Waals surface area contributed by atoms with Gasteiger partial charge < -0.3 is 10.4 Å². The zero-order valence-electron chi connectivity index (χ0n) is 11.3. The number of hydrogen-bond donors (Lipinski definition) is 2. The fourth-order valence-corrected chi connectivity index (χ4v) is 3.37. The summed E-state index contributed by atoms with van der Waals surface area (Å²) in [6.07, 6.45) is 10.1. The molecule has 2 fully saturated rings. The maximum atomic E-state index is 9.50. The minimum absolute atomic E-state index is 0.0639. The number of nitriles is 1. The average Bonchev–Trinajstić information content (AvgIpc) is 2.63. The SMILES string of the molecule is N#CC1CCCCCC1NCC1CCC(O)CC1. The summed E-state index contributed by atoms with van der Waals surface area (Å²) in [6.45, 7) is 1.04. The van der Waals surface area contributed by atoms with Crippen molar-refractivity contribution < 1.29 is 5.11 Å². The number of aliphatic hydroxyl groups excluding tert-OH is 1. The number of nitrogens with one attached hydrogen (secondary N) is 1. The van der Waals surface area contributed by atoms with Crippen LogP contribution in [0.2, 0.25) is 0 Å². The lowest BCUT2D eigenvalue weighted by Gasteiger charge is -2.28. The van der Waals surface area contributed by atoms with Crippen molar-refractivity contribution in [3.05, 3.63) is 0 Å². The zero-order valence-corrected chi connectivity index (χ0v) is 11.3. The van der Waals surface area contributed by atoms with E-state index in [0.29, 0.717) is 12.0 Å². The Morgan fingerprint density at radius 3 is 2.44 bits per heavy atom. The molecule has 2 N–H and O–H groups in total. The smallest absolute Gasteiger partial charge is 0.0672 e. The number of rotatable bonds is 3. The fourth-order valence-electron chi connectivity index (χ4n) is 3.37. The third-order valence-corrected chi connectivity index (χ3v) is 4.67. The second-order valence-electron chi connectivity index (χ2n) is 6.06. The highest BCUT2D eigenvalue weighted by atomic mass is 16.3. The molecule has 18 heavy (non-hydrogen) atoms. The van der Waals surface area contributed by atoms with Crippen LogP contribution in [0.15, 0.2) is 0 Å². The quantitative estimate of drug-likeness (QED) is 0.757. The van der Waals surface area contributed by atoms with Gasteiger partial charge in [-0.25, -0.2) is 0 Å². The summed E-state index contributed by atoms with van der Waals surface area (Å²) in [5.74, 6) is 0.915. The molecule has 0 aliphatic heterocycles. The van der Waals surface area contributed by atoms with Crippen LogP contribution >= 0.6 is 0 Å². The molecule has 0 radical (unpaired) electrons. The van der Waals surface area contributed by atoms with Crippen molar-refractivity contribution in [2.45, 2.75) is 69.9 Å². The van der Waals surface area contributed by atoms with Gasteiger partial charge in [0.15, 0.2) is 0 Å². The standard InChI is InChI=1S/C15H26N2O/c16-10-13-4-2-1-3-5-15(13)17-11-12-6-8-14(18)9-7-12/h12-15,17-18H,1-9,11H2. The monoisotopic (exact) mass is 250 g/mol. The van der Waals surface area contributed by atoms with Gasteiger partial charge in [0.1, 0.15) is 0 Å². The van der Waals surface area contributed by atoms with E-state index in [1.54, 1.807) is 0 Å². The molecule has 0 amide bonds. The van der Waals surface area contributed by atoms with Crippen molar-refractivity contribution in [2.75, 3.05) is 6.54 Å². The van der Waals surface area contributed by atoms with E-state index in [-0.39, 0.29) is 12.0 Å². The molecule has 0 spiro atoms. The maximum Gasteiger partial charge on any atom is 0.0672 e. The van der Waals surface area contributed by atoms with Crippen LogP contribution in [-0.2, 0) is 0 Å². The summed E-state index contributed by atoms with van der Waals surface area (Å²) in [5.41, 5.74) is 0. The summed E-state index contributed by atoms with van der Waals surface area (Å²) < 4.78 is 0. The molecule has 3 nitrogen and oxygen atoms in total. The minimum Gasteiger partial charge on any atom is -0.393 e. The van der Waals surface area contributed by atoms with Crippen molar-refractivity contribution in [1.82, 2.24) is 5.32 Å². The first kappa shape index (κ1) is 13.8. The molecule has 0 bridgehead atoms. The Kier molecular flexibility index (Phi) is 5.46. The largest absolute Gasteiger partial charge is 0.393 e. The highest BCUT2D eigenvalue weighted by Gasteiger charge is 2.25. The normalized spacial score (nSPS) is 37.8. The summed E-state index contributed by atoms with van der Waals surface area (Å²) in [7, 11) is 0. The van der Waals surface area contributed by atoms with E-state index in [9.17, 15) is 10.4 Å². The van der Waals surface area contributed by atoms with Crippen LogP contribution in [-0.4, -0.2) is 23.8 Å². The predicted octanol–water partition coefficient (Wildman–Crippen LogP) is 2.60. The molecular formula is C15H26N2O. The minimum atomic E-state index is -0.0639. The zero-order chi connectivity index (χ0) is 12.8. The lowest BCUT2D eigenvalue weighted by atomic mass is 9.87. The van der Waals surface area contributed by atoms with Crippen LogP contribution < -0.4 is 5.32 Å². The van der Waals surface area contributed by atoms with Gasteiger partial charge in [0.05, 0.1) is 18.1 Å². The number of hydrogen-bond acceptors (Lipinski definition) is 3. The Bertz CT molecular complexity index is 279. The van der Waals surface area contributed by atoms with Crippen LogP contribution in [0.3, 0.4) is 0 Å². The Morgan fingerprint density at radius 2 is 1.72 bits per heavy atom. The van der Waals surface area contributed by atoms with Crippen molar-refractivity contribution >= 4 is 0 Å². The van der Waals surface area contributed by atoms with Crippen molar-refractivity contribution in [2.24, 2.45) is 11.8 Å². The molecule has 0 saturated heterocycles. The van der Waals surface area contributed by atoms with E-state index in [4.69, 9.17) is 0 Å². The van der Waals surface area contributed by atoms with E-state index in [1.165, 1.54) is 19.3 Å². The molecule has 2 saturated carbocycles. The Hall–Kier alpha value is -0.590. The highest BCUT2D eigenvalue weighted by Crippen LogP contribution is 2.26. The van der Waals surface area contributed by atoms with E-state index in [1.807, 2.05) is 0 Å².